The Labute approximate surface area is 122 Å². The van der Waals surface area contributed by atoms with Crippen LogP contribution in [0.4, 0.5) is 0 Å². The van der Waals surface area contributed by atoms with Crippen molar-refractivity contribution >= 4 is 0 Å². The van der Waals surface area contributed by atoms with E-state index in [0.717, 1.165) is 65.2 Å². The molecular weight excluding hydrogens is 256 g/mol. The minimum Gasteiger partial charge on any atom is -0.396 e. The van der Waals surface area contributed by atoms with Crippen molar-refractivity contribution in [3.63, 3.8) is 0 Å². The first-order chi connectivity index (χ1) is 9.79. The van der Waals surface area contributed by atoms with Gasteiger partial charge in [-0.15, -0.1) is 0 Å². The fourth-order valence-electron chi connectivity index (χ4n) is 3.07. The van der Waals surface area contributed by atoms with Crippen LogP contribution in [-0.2, 0) is 9.47 Å². The quantitative estimate of drug-likeness (QED) is 0.693. The zero-order valence-electron chi connectivity index (χ0n) is 12.8. The van der Waals surface area contributed by atoms with Crippen molar-refractivity contribution in [1.82, 2.24) is 9.80 Å². The van der Waals surface area contributed by atoms with Crippen LogP contribution in [0.3, 0.4) is 0 Å². The van der Waals surface area contributed by atoms with E-state index in [2.05, 4.69) is 16.7 Å². The van der Waals surface area contributed by atoms with Crippen LogP contribution >= 0.6 is 0 Å². The van der Waals surface area contributed by atoms with Crippen LogP contribution in [0.15, 0.2) is 0 Å². The van der Waals surface area contributed by atoms with Crippen molar-refractivity contribution in [2.45, 2.75) is 38.3 Å². The van der Waals surface area contributed by atoms with Crippen molar-refractivity contribution in [3.8, 4) is 0 Å². The molecule has 2 aliphatic heterocycles. The maximum absolute atomic E-state index is 8.76. The number of hydrogen-bond donors (Lipinski definition) is 1. The lowest BCUT2D eigenvalue weighted by molar-refractivity contribution is -0.0147. The van der Waals surface area contributed by atoms with E-state index < -0.39 is 0 Å². The van der Waals surface area contributed by atoms with Crippen LogP contribution in [0, 0.1) is 0 Å². The highest BCUT2D eigenvalue weighted by Crippen LogP contribution is 2.17. The highest BCUT2D eigenvalue weighted by molar-refractivity contribution is 4.79. The van der Waals surface area contributed by atoms with Crippen molar-refractivity contribution in [2.24, 2.45) is 0 Å². The molecule has 20 heavy (non-hydrogen) atoms. The first kappa shape index (κ1) is 16.2. The van der Waals surface area contributed by atoms with Crippen LogP contribution in [0.1, 0.15) is 26.2 Å². The molecule has 2 heterocycles. The van der Waals surface area contributed by atoms with E-state index in [9.17, 15) is 0 Å². The van der Waals surface area contributed by atoms with Gasteiger partial charge in [0.25, 0.3) is 0 Å². The third kappa shape index (κ3) is 5.30. The summed E-state index contributed by atoms with van der Waals surface area (Å²) in [5.74, 6) is 0. The lowest BCUT2D eigenvalue weighted by Gasteiger charge is -2.38. The summed E-state index contributed by atoms with van der Waals surface area (Å²) in [6.07, 6.45) is 3.40. The number of piperidine rings is 1. The van der Waals surface area contributed by atoms with Crippen LogP contribution in [0.2, 0.25) is 0 Å². The predicted molar refractivity (Wildman–Crippen MR) is 79.0 cm³/mol. The Bertz CT molecular complexity index is 252. The topological polar surface area (TPSA) is 45.2 Å². The maximum Gasteiger partial charge on any atom is 0.0599 e. The van der Waals surface area contributed by atoms with Gasteiger partial charge in [0.05, 0.1) is 19.3 Å². The van der Waals surface area contributed by atoms with Crippen LogP contribution < -0.4 is 0 Å². The number of nitrogens with zero attached hydrogens (tertiary/aromatic N) is 2. The van der Waals surface area contributed by atoms with Gasteiger partial charge in [-0.1, -0.05) is 0 Å². The predicted octanol–water partition coefficient (Wildman–Crippen LogP) is 0.571. The molecule has 0 aromatic carbocycles. The summed E-state index contributed by atoms with van der Waals surface area (Å²) < 4.78 is 11.2. The van der Waals surface area contributed by atoms with Gasteiger partial charge >= 0.3 is 0 Å². The number of rotatable bonds is 7. The number of likely N-dealkylation sites (tertiary alicyclic amines) is 1. The van der Waals surface area contributed by atoms with Crippen LogP contribution in [0.5, 0.6) is 0 Å². The van der Waals surface area contributed by atoms with Gasteiger partial charge in [0.15, 0.2) is 0 Å². The summed E-state index contributed by atoms with van der Waals surface area (Å²) in [5, 5.41) is 8.76. The van der Waals surface area contributed by atoms with Crippen LogP contribution in [-0.4, -0.2) is 86.2 Å². The molecule has 0 aromatic heterocycles. The normalized spacial score (nSPS) is 24.9. The lowest BCUT2D eigenvalue weighted by atomic mass is 10.1. The van der Waals surface area contributed by atoms with E-state index in [1.807, 2.05) is 0 Å². The number of morpholine rings is 1. The highest BCUT2D eigenvalue weighted by Gasteiger charge is 2.24. The Morgan fingerprint density at radius 3 is 2.55 bits per heavy atom. The zero-order chi connectivity index (χ0) is 14.2. The molecule has 0 spiro atoms. The number of hydrogen-bond acceptors (Lipinski definition) is 5. The van der Waals surface area contributed by atoms with Gasteiger partial charge in [-0.2, -0.15) is 0 Å². The summed E-state index contributed by atoms with van der Waals surface area (Å²) in [5.41, 5.74) is 0. The summed E-state index contributed by atoms with van der Waals surface area (Å²) in [6.45, 7) is 10.6. The number of aliphatic hydroxyl groups excluding tert-OH is 1. The second kappa shape index (κ2) is 8.95. The third-order valence-electron chi connectivity index (χ3n) is 4.38. The Hall–Kier alpha value is -0.200. The summed E-state index contributed by atoms with van der Waals surface area (Å²) in [7, 11) is 0. The molecule has 2 fully saturated rings. The van der Waals surface area contributed by atoms with E-state index >= 15 is 0 Å². The molecule has 2 aliphatic rings. The van der Waals surface area contributed by atoms with Gasteiger partial charge < -0.3 is 14.6 Å². The standard InChI is InChI=1S/C15H30N2O3/c1-14(13-16-7-11-19-12-8-16)17-5-3-15(4-6-17)20-10-2-9-18/h14-15,18H,2-13H2,1H3. The van der Waals surface area contributed by atoms with Gasteiger partial charge in [-0.3, -0.25) is 9.80 Å². The average Bonchev–Trinajstić information content (AvgIpc) is 2.49. The molecule has 5 nitrogen and oxygen atoms in total. The molecule has 118 valence electrons. The molecule has 0 aromatic rings. The molecule has 0 aliphatic carbocycles. The Balaban J connectivity index is 1.62. The average molecular weight is 286 g/mol. The van der Waals surface area contributed by atoms with Gasteiger partial charge in [-0.05, 0) is 26.2 Å². The monoisotopic (exact) mass is 286 g/mol. The molecule has 0 saturated carbocycles. The molecule has 1 atom stereocenters. The smallest absolute Gasteiger partial charge is 0.0599 e. The fourth-order valence-corrected chi connectivity index (χ4v) is 3.07. The molecule has 0 bridgehead atoms. The van der Waals surface area contributed by atoms with Crippen molar-refractivity contribution in [1.29, 1.82) is 0 Å². The Morgan fingerprint density at radius 1 is 1.20 bits per heavy atom. The first-order valence-electron chi connectivity index (χ1n) is 8.06. The molecule has 2 saturated heterocycles. The summed E-state index contributed by atoms with van der Waals surface area (Å²) in [4.78, 5) is 5.10. The van der Waals surface area contributed by atoms with E-state index in [1.165, 1.54) is 0 Å². The molecule has 1 N–H and O–H groups in total. The third-order valence-corrected chi connectivity index (χ3v) is 4.38. The van der Waals surface area contributed by atoms with Gasteiger partial charge in [0.1, 0.15) is 0 Å². The molecule has 2 rings (SSSR count). The highest BCUT2D eigenvalue weighted by atomic mass is 16.5. The second-order valence-corrected chi connectivity index (χ2v) is 5.95. The van der Waals surface area contributed by atoms with E-state index in [0.29, 0.717) is 18.8 Å². The van der Waals surface area contributed by atoms with Crippen LogP contribution in [0.25, 0.3) is 0 Å². The molecule has 5 heteroatoms. The minimum absolute atomic E-state index is 0.232. The summed E-state index contributed by atoms with van der Waals surface area (Å²) >= 11 is 0. The molecule has 0 radical (unpaired) electrons. The van der Waals surface area contributed by atoms with Crippen molar-refractivity contribution in [2.75, 3.05) is 59.2 Å². The van der Waals surface area contributed by atoms with Gasteiger partial charge in [0, 0.05) is 52.0 Å². The molecular formula is C15H30N2O3. The van der Waals surface area contributed by atoms with Crippen molar-refractivity contribution < 1.29 is 14.6 Å². The number of ether oxygens (including phenoxy) is 2. The zero-order valence-corrected chi connectivity index (χ0v) is 12.8. The SMILES string of the molecule is CC(CN1CCOCC1)N1CCC(OCCCO)CC1. The molecule has 0 amide bonds. The van der Waals surface area contributed by atoms with E-state index in [1.54, 1.807) is 0 Å². The first-order valence-corrected chi connectivity index (χ1v) is 8.06. The maximum atomic E-state index is 8.76. The number of aliphatic hydroxyl groups is 1. The van der Waals surface area contributed by atoms with E-state index in [4.69, 9.17) is 14.6 Å². The second-order valence-electron chi connectivity index (χ2n) is 5.95. The Kier molecular flexibility index (Phi) is 7.24. The summed E-state index contributed by atoms with van der Waals surface area (Å²) in [6, 6.07) is 0.617. The van der Waals surface area contributed by atoms with Crippen molar-refractivity contribution in [3.05, 3.63) is 0 Å². The van der Waals surface area contributed by atoms with Gasteiger partial charge in [-0.25, -0.2) is 0 Å². The fraction of sp³-hybridized carbons (Fsp3) is 1.00. The molecule has 1 unspecified atom stereocenters. The minimum atomic E-state index is 0.232. The lowest BCUT2D eigenvalue weighted by Crippen LogP contribution is -2.49. The Morgan fingerprint density at radius 2 is 1.90 bits per heavy atom. The van der Waals surface area contributed by atoms with E-state index in [-0.39, 0.29) is 6.61 Å². The largest absolute Gasteiger partial charge is 0.396 e. The van der Waals surface area contributed by atoms with Gasteiger partial charge in [0.2, 0.25) is 0 Å².